The molecule has 0 radical (unpaired) electrons. The van der Waals surface area contributed by atoms with Crippen molar-refractivity contribution in [2.24, 2.45) is 5.10 Å². The van der Waals surface area contributed by atoms with E-state index in [-0.39, 0.29) is 23.6 Å². The first-order chi connectivity index (χ1) is 13.9. The van der Waals surface area contributed by atoms with E-state index in [1.165, 1.54) is 51.8 Å². The van der Waals surface area contributed by atoms with Gasteiger partial charge in [0.1, 0.15) is 11.5 Å². The summed E-state index contributed by atoms with van der Waals surface area (Å²) in [4.78, 5) is 24.2. The summed E-state index contributed by atoms with van der Waals surface area (Å²) in [5, 5.41) is 25.0. The summed E-state index contributed by atoms with van der Waals surface area (Å²) in [6.07, 6.45) is 1.20. The quantitative estimate of drug-likeness (QED) is 0.381. The molecule has 0 aliphatic heterocycles. The molecule has 2 aromatic carbocycles. The number of carbonyl (C=O) groups is 2. The maximum absolute atomic E-state index is 12.3. The van der Waals surface area contributed by atoms with Crippen LogP contribution in [-0.4, -0.2) is 56.1 Å². The van der Waals surface area contributed by atoms with Crippen LogP contribution >= 0.6 is 0 Å². The minimum atomic E-state index is -0.583. The Hall–Kier alpha value is -3.95. The highest BCUT2D eigenvalue weighted by molar-refractivity contribution is 5.97. The fraction of sp³-hybridized carbons (Fsp3) is 0.211. The number of nitrogens with zero attached hydrogens (tertiary/aromatic N) is 1. The lowest BCUT2D eigenvalue weighted by molar-refractivity contribution is -0.120. The van der Waals surface area contributed by atoms with E-state index in [0.717, 1.165) is 6.07 Å². The van der Waals surface area contributed by atoms with Gasteiger partial charge in [0.25, 0.3) is 11.8 Å². The molecule has 0 aliphatic rings. The number of methoxy groups -OCH3 is 3. The predicted octanol–water partition coefficient (Wildman–Crippen LogP) is 1.00. The molecule has 0 spiro atoms. The van der Waals surface area contributed by atoms with E-state index in [2.05, 4.69) is 15.8 Å². The minimum Gasteiger partial charge on any atom is -0.508 e. The number of carbonyl (C=O) groups excluding carboxylic acids is 2. The molecule has 0 atom stereocenters. The molecule has 0 saturated carbocycles. The van der Waals surface area contributed by atoms with E-state index in [1.807, 2.05) is 0 Å². The number of aromatic hydroxyl groups is 2. The molecule has 154 valence electrons. The Morgan fingerprint density at radius 1 is 1.03 bits per heavy atom. The first kappa shape index (κ1) is 21.4. The molecule has 0 bridgehead atoms. The average molecular weight is 403 g/mol. The van der Waals surface area contributed by atoms with E-state index in [1.54, 1.807) is 0 Å². The Balaban J connectivity index is 1.96. The number of nitrogens with one attached hydrogen (secondary N) is 2. The number of hydrogen-bond donors (Lipinski definition) is 4. The van der Waals surface area contributed by atoms with Gasteiger partial charge in [-0.1, -0.05) is 0 Å². The second-order valence-corrected chi connectivity index (χ2v) is 5.63. The fourth-order valence-electron chi connectivity index (χ4n) is 2.33. The molecule has 10 nitrogen and oxygen atoms in total. The van der Waals surface area contributed by atoms with E-state index in [0.29, 0.717) is 22.8 Å². The Morgan fingerprint density at radius 3 is 2.24 bits per heavy atom. The van der Waals surface area contributed by atoms with Crippen molar-refractivity contribution in [3.63, 3.8) is 0 Å². The lowest BCUT2D eigenvalue weighted by Gasteiger charge is -2.14. The third kappa shape index (κ3) is 5.51. The summed E-state index contributed by atoms with van der Waals surface area (Å²) in [6, 6.07) is 6.84. The van der Waals surface area contributed by atoms with Gasteiger partial charge in [0.05, 0.1) is 34.1 Å². The van der Waals surface area contributed by atoms with Crippen molar-refractivity contribution in [2.75, 3.05) is 27.9 Å². The molecular weight excluding hydrogens is 382 g/mol. The summed E-state index contributed by atoms with van der Waals surface area (Å²) in [6.45, 7) is -0.339. The second-order valence-electron chi connectivity index (χ2n) is 5.63. The summed E-state index contributed by atoms with van der Waals surface area (Å²) in [5.74, 6) is -0.451. The number of ether oxygens (including phenoxy) is 3. The van der Waals surface area contributed by atoms with Gasteiger partial charge in [0.2, 0.25) is 5.75 Å². The van der Waals surface area contributed by atoms with Crippen molar-refractivity contribution < 1.29 is 34.0 Å². The number of phenolic OH excluding ortho intramolecular Hbond substituents is 2. The van der Waals surface area contributed by atoms with Crippen LogP contribution in [0.15, 0.2) is 35.4 Å². The van der Waals surface area contributed by atoms with Crippen LogP contribution in [0.25, 0.3) is 0 Å². The Bertz CT molecular complexity index is 903. The maximum atomic E-state index is 12.3. The highest BCUT2D eigenvalue weighted by Gasteiger charge is 2.17. The van der Waals surface area contributed by atoms with Crippen LogP contribution in [0.5, 0.6) is 28.7 Å². The molecular formula is C19H21N3O7. The molecule has 29 heavy (non-hydrogen) atoms. The third-order valence-electron chi connectivity index (χ3n) is 3.74. The zero-order chi connectivity index (χ0) is 21.4. The van der Waals surface area contributed by atoms with Gasteiger partial charge in [-0.05, 0) is 24.3 Å². The van der Waals surface area contributed by atoms with Crippen LogP contribution in [-0.2, 0) is 4.79 Å². The average Bonchev–Trinajstić information content (AvgIpc) is 2.72. The summed E-state index contributed by atoms with van der Waals surface area (Å²) in [5.41, 5.74) is 2.72. The van der Waals surface area contributed by atoms with Crippen molar-refractivity contribution in [3.8, 4) is 28.7 Å². The molecule has 0 aliphatic carbocycles. The molecule has 10 heteroatoms. The lowest BCUT2D eigenvalue weighted by Crippen LogP contribution is -2.34. The Labute approximate surface area is 166 Å². The van der Waals surface area contributed by atoms with E-state index < -0.39 is 11.8 Å². The van der Waals surface area contributed by atoms with Gasteiger partial charge in [-0.15, -0.1) is 0 Å². The maximum Gasteiger partial charge on any atom is 0.259 e. The number of phenols is 2. The zero-order valence-electron chi connectivity index (χ0n) is 16.1. The Kier molecular flexibility index (Phi) is 7.24. The molecule has 4 N–H and O–H groups in total. The van der Waals surface area contributed by atoms with Gasteiger partial charge in [-0.3, -0.25) is 9.59 Å². The molecule has 2 amide bonds. The summed E-state index contributed by atoms with van der Waals surface area (Å²) < 4.78 is 15.6. The number of amides is 2. The number of hydrazone groups is 1. The highest BCUT2D eigenvalue weighted by Crippen LogP contribution is 2.38. The predicted molar refractivity (Wildman–Crippen MR) is 104 cm³/mol. The van der Waals surface area contributed by atoms with E-state index >= 15 is 0 Å². The fourth-order valence-corrected chi connectivity index (χ4v) is 2.33. The molecule has 0 heterocycles. The smallest absolute Gasteiger partial charge is 0.259 e. The molecule has 2 rings (SSSR count). The number of benzene rings is 2. The van der Waals surface area contributed by atoms with Gasteiger partial charge < -0.3 is 29.7 Å². The molecule has 0 fully saturated rings. The summed E-state index contributed by atoms with van der Waals surface area (Å²) in [7, 11) is 4.30. The van der Waals surface area contributed by atoms with Gasteiger partial charge in [0, 0.05) is 17.2 Å². The highest BCUT2D eigenvalue weighted by atomic mass is 16.5. The van der Waals surface area contributed by atoms with Crippen molar-refractivity contribution >= 4 is 18.0 Å². The molecule has 0 aromatic heterocycles. The van der Waals surface area contributed by atoms with Crippen molar-refractivity contribution in [1.29, 1.82) is 0 Å². The van der Waals surface area contributed by atoms with E-state index in [9.17, 15) is 19.8 Å². The van der Waals surface area contributed by atoms with Crippen molar-refractivity contribution in [3.05, 3.63) is 41.5 Å². The molecule has 2 aromatic rings. The number of rotatable bonds is 8. The van der Waals surface area contributed by atoms with Gasteiger partial charge in [-0.2, -0.15) is 5.10 Å². The lowest BCUT2D eigenvalue weighted by atomic mass is 10.1. The molecule has 0 saturated heterocycles. The summed E-state index contributed by atoms with van der Waals surface area (Å²) >= 11 is 0. The van der Waals surface area contributed by atoms with Gasteiger partial charge >= 0.3 is 0 Å². The van der Waals surface area contributed by atoms with Gasteiger partial charge in [0.15, 0.2) is 11.5 Å². The third-order valence-corrected chi connectivity index (χ3v) is 3.74. The zero-order valence-corrected chi connectivity index (χ0v) is 16.1. The Morgan fingerprint density at radius 2 is 1.69 bits per heavy atom. The van der Waals surface area contributed by atoms with Crippen LogP contribution in [0.4, 0.5) is 0 Å². The van der Waals surface area contributed by atoms with E-state index in [4.69, 9.17) is 14.2 Å². The largest absolute Gasteiger partial charge is 0.508 e. The van der Waals surface area contributed by atoms with Crippen LogP contribution in [0.1, 0.15) is 15.9 Å². The van der Waals surface area contributed by atoms with Crippen LogP contribution in [0.2, 0.25) is 0 Å². The van der Waals surface area contributed by atoms with Crippen LogP contribution in [0.3, 0.4) is 0 Å². The monoisotopic (exact) mass is 403 g/mol. The standard InChI is InChI=1S/C19H21N3O7/c1-27-15-6-12(7-16(28-2)18(15)29-3)19(26)20-10-17(25)22-21-9-11-4-5-13(23)8-14(11)24/h4-9,23-24H,10H2,1-3H3,(H,20,26)(H,22,25)/b21-9-. The second kappa shape index (κ2) is 9.83. The normalized spacial score (nSPS) is 10.4. The van der Waals surface area contributed by atoms with Crippen LogP contribution < -0.4 is 25.0 Å². The van der Waals surface area contributed by atoms with Crippen molar-refractivity contribution in [1.82, 2.24) is 10.7 Å². The first-order valence-corrected chi connectivity index (χ1v) is 8.31. The molecule has 0 unspecified atom stereocenters. The minimum absolute atomic E-state index is 0.0989. The first-order valence-electron chi connectivity index (χ1n) is 8.31. The van der Waals surface area contributed by atoms with Gasteiger partial charge in [-0.25, -0.2) is 5.43 Å². The van der Waals surface area contributed by atoms with Crippen LogP contribution in [0, 0.1) is 0 Å². The SMILES string of the molecule is COc1cc(C(=O)NCC(=O)N/N=C\c2ccc(O)cc2O)cc(OC)c1OC. The topological polar surface area (TPSA) is 139 Å². The number of hydrogen-bond acceptors (Lipinski definition) is 8. The van der Waals surface area contributed by atoms with Crippen molar-refractivity contribution in [2.45, 2.75) is 0 Å².